The first-order chi connectivity index (χ1) is 19.6. The lowest BCUT2D eigenvalue weighted by atomic mass is 9.90. The third kappa shape index (κ3) is 11.4. The molecule has 41 heavy (non-hydrogen) atoms. The van der Waals surface area contributed by atoms with Crippen LogP contribution in [0.5, 0.6) is 0 Å². The molecule has 1 aromatic rings. The molecule has 0 aliphatic carbocycles. The summed E-state index contributed by atoms with van der Waals surface area (Å²) in [6.45, 7) is 10.1. The summed E-state index contributed by atoms with van der Waals surface area (Å²) < 4.78 is 11.6. The number of amides is 4. The average Bonchev–Trinajstić information content (AvgIpc) is 2.97. The first-order valence-corrected chi connectivity index (χ1v) is 14.7. The molecule has 2 N–H and O–H groups in total. The van der Waals surface area contributed by atoms with Crippen molar-refractivity contribution in [2.75, 3.05) is 34.4 Å². The summed E-state index contributed by atoms with van der Waals surface area (Å²) in [4.78, 5) is 53.8. The molecule has 6 atom stereocenters. The number of unbranched alkanes of at least 4 members (excludes halogenated alkanes) is 1. The molecular weight excluding hydrogens is 524 g/mol. The van der Waals surface area contributed by atoms with Crippen LogP contribution in [0, 0.1) is 11.8 Å². The zero-order valence-corrected chi connectivity index (χ0v) is 26.2. The number of nitrogens with zero attached hydrogens (tertiary/aromatic N) is 2. The van der Waals surface area contributed by atoms with Gasteiger partial charge in [0.1, 0.15) is 6.23 Å². The number of nitrogens with one attached hydrogen (secondary N) is 2. The number of methoxy groups -OCH3 is 2. The number of carbonyl (C=O) groups is 4. The second-order valence-electron chi connectivity index (χ2n) is 10.8. The number of carbonyl (C=O) groups excluding carboxylic acids is 4. The van der Waals surface area contributed by atoms with Gasteiger partial charge in [-0.2, -0.15) is 0 Å². The molecule has 0 aliphatic heterocycles. The van der Waals surface area contributed by atoms with Gasteiger partial charge in [-0.1, -0.05) is 63.9 Å². The van der Waals surface area contributed by atoms with Gasteiger partial charge in [0.2, 0.25) is 24.1 Å². The standard InChI is InChI=1S/C31H52N4O6/c1-9-11-17-35(31(41-8)24(5)30(39)33-23(4)18-25-15-13-12-14-16-25)27(37)19-26(40-7)29(22(3)10-2)34(6)28(38)20-32-21-36/h12-16,21-24,26,29,31H,9-11,17-20H2,1-8H3,(H,32,36)(H,33,39). The molecule has 0 bridgehead atoms. The summed E-state index contributed by atoms with van der Waals surface area (Å²) in [5, 5.41) is 5.48. The zero-order valence-electron chi connectivity index (χ0n) is 26.2. The van der Waals surface area contributed by atoms with Crippen LogP contribution < -0.4 is 10.6 Å². The van der Waals surface area contributed by atoms with E-state index in [1.54, 1.807) is 23.8 Å². The van der Waals surface area contributed by atoms with Crippen molar-refractivity contribution in [2.24, 2.45) is 11.8 Å². The number of likely N-dealkylation sites (N-methyl/N-ethyl adjacent to an activating group) is 1. The molecule has 10 nitrogen and oxygen atoms in total. The van der Waals surface area contributed by atoms with Crippen molar-refractivity contribution in [1.29, 1.82) is 0 Å². The summed E-state index contributed by atoms with van der Waals surface area (Å²) in [7, 11) is 4.71. The smallest absolute Gasteiger partial charge is 0.242 e. The SMILES string of the molecule is CCCCN(C(=O)CC(OC)C(C(C)CC)N(C)C(=O)CNC=O)C(OC)C(C)C(=O)NC(C)Cc1ccccc1. The molecule has 0 aromatic heterocycles. The fourth-order valence-electron chi connectivity index (χ4n) is 5.14. The van der Waals surface area contributed by atoms with Crippen LogP contribution in [0.4, 0.5) is 0 Å². The number of rotatable bonds is 20. The molecule has 0 radical (unpaired) electrons. The van der Waals surface area contributed by atoms with Crippen LogP contribution in [0.1, 0.15) is 65.9 Å². The largest absolute Gasteiger partial charge is 0.379 e. The summed E-state index contributed by atoms with van der Waals surface area (Å²) in [5.41, 5.74) is 1.13. The predicted molar refractivity (Wildman–Crippen MR) is 160 cm³/mol. The Morgan fingerprint density at radius 3 is 2.20 bits per heavy atom. The Morgan fingerprint density at radius 2 is 1.66 bits per heavy atom. The molecule has 1 rings (SSSR count). The van der Waals surface area contributed by atoms with Crippen LogP contribution in [-0.4, -0.2) is 92.7 Å². The molecule has 10 heteroatoms. The highest BCUT2D eigenvalue weighted by Crippen LogP contribution is 2.24. The summed E-state index contributed by atoms with van der Waals surface area (Å²) >= 11 is 0. The van der Waals surface area contributed by atoms with Gasteiger partial charge in [0, 0.05) is 33.9 Å². The van der Waals surface area contributed by atoms with E-state index in [0.29, 0.717) is 19.4 Å². The third-order valence-electron chi connectivity index (χ3n) is 7.70. The van der Waals surface area contributed by atoms with Crippen LogP contribution in [0.3, 0.4) is 0 Å². The van der Waals surface area contributed by atoms with Gasteiger partial charge >= 0.3 is 0 Å². The van der Waals surface area contributed by atoms with Gasteiger partial charge in [-0.3, -0.25) is 19.2 Å². The molecular formula is C31H52N4O6. The van der Waals surface area contributed by atoms with E-state index >= 15 is 0 Å². The van der Waals surface area contributed by atoms with Crippen LogP contribution in [-0.2, 0) is 35.1 Å². The highest BCUT2D eigenvalue weighted by Gasteiger charge is 2.38. The van der Waals surface area contributed by atoms with E-state index in [1.807, 2.05) is 58.0 Å². The second kappa shape index (κ2) is 19.2. The molecule has 6 unspecified atom stereocenters. The fraction of sp³-hybridized carbons (Fsp3) is 0.677. The topological polar surface area (TPSA) is 117 Å². The van der Waals surface area contributed by atoms with Gasteiger partial charge in [-0.15, -0.1) is 0 Å². The lowest BCUT2D eigenvalue weighted by Crippen LogP contribution is -2.54. The van der Waals surface area contributed by atoms with Gasteiger partial charge < -0.3 is 29.9 Å². The van der Waals surface area contributed by atoms with E-state index in [0.717, 1.165) is 24.8 Å². The van der Waals surface area contributed by atoms with Crippen molar-refractivity contribution in [3.8, 4) is 0 Å². The molecule has 1 aromatic carbocycles. The van der Waals surface area contributed by atoms with Crippen LogP contribution in [0.15, 0.2) is 30.3 Å². The summed E-state index contributed by atoms with van der Waals surface area (Å²) in [6.07, 6.45) is 2.18. The minimum atomic E-state index is -0.770. The molecule has 0 saturated carbocycles. The number of hydrogen-bond acceptors (Lipinski definition) is 6. The van der Waals surface area contributed by atoms with E-state index in [-0.39, 0.29) is 42.6 Å². The van der Waals surface area contributed by atoms with Crippen molar-refractivity contribution in [1.82, 2.24) is 20.4 Å². The second-order valence-corrected chi connectivity index (χ2v) is 10.8. The van der Waals surface area contributed by atoms with Gasteiger partial charge in [0.15, 0.2) is 0 Å². The molecule has 0 fully saturated rings. The minimum Gasteiger partial charge on any atom is -0.379 e. The number of ether oxygens (including phenoxy) is 2. The summed E-state index contributed by atoms with van der Waals surface area (Å²) in [6, 6.07) is 9.46. The number of hydrogen-bond donors (Lipinski definition) is 2. The molecule has 4 amide bonds. The van der Waals surface area contributed by atoms with Gasteiger partial charge in [0.05, 0.1) is 31.0 Å². The monoisotopic (exact) mass is 576 g/mol. The van der Waals surface area contributed by atoms with Crippen molar-refractivity contribution in [3.05, 3.63) is 35.9 Å². The Balaban J connectivity index is 3.12. The van der Waals surface area contributed by atoms with Crippen molar-refractivity contribution < 1.29 is 28.7 Å². The zero-order chi connectivity index (χ0) is 30.9. The Kier molecular flexibility index (Phi) is 16.9. The maximum atomic E-state index is 13.9. The average molecular weight is 577 g/mol. The molecule has 0 saturated heterocycles. The molecule has 0 heterocycles. The fourth-order valence-corrected chi connectivity index (χ4v) is 5.14. The maximum Gasteiger partial charge on any atom is 0.242 e. The highest BCUT2D eigenvalue weighted by atomic mass is 16.5. The van der Waals surface area contributed by atoms with E-state index < -0.39 is 24.3 Å². The Bertz CT molecular complexity index is 930. The Morgan fingerprint density at radius 1 is 1.00 bits per heavy atom. The van der Waals surface area contributed by atoms with E-state index in [9.17, 15) is 19.2 Å². The van der Waals surface area contributed by atoms with Crippen molar-refractivity contribution >= 4 is 24.1 Å². The van der Waals surface area contributed by atoms with E-state index in [2.05, 4.69) is 10.6 Å². The third-order valence-corrected chi connectivity index (χ3v) is 7.70. The van der Waals surface area contributed by atoms with Crippen molar-refractivity contribution in [3.63, 3.8) is 0 Å². The van der Waals surface area contributed by atoms with Gasteiger partial charge in [-0.25, -0.2) is 0 Å². The van der Waals surface area contributed by atoms with Gasteiger partial charge in [-0.05, 0) is 38.2 Å². The van der Waals surface area contributed by atoms with Crippen molar-refractivity contribution in [2.45, 2.75) is 91.1 Å². The minimum absolute atomic E-state index is 0.00651. The first-order valence-electron chi connectivity index (χ1n) is 14.7. The van der Waals surface area contributed by atoms with E-state index in [1.165, 1.54) is 14.2 Å². The van der Waals surface area contributed by atoms with Crippen LogP contribution in [0.25, 0.3) is 0 Å². The Labute approximate surface area is 246 Å². The van der Waals surface area contributed by atoms with E-state index in [4.69, 9.17) is 9.47 Å². The predicted octanol–water partition coefficient (Wildman–Crippen LogP) is 3.00. The molecule has 0 aliphatic rings. The normalized spacial score (nSPS) is 15.5. The molecule has 0 spiro atoms. The summed E-state index contributed by atoms with van der Waals surface area (Å²) in [5.74, 6) is -1.28. The lowest BCUT2D eigenvalue weighted by molar-refractivity contribution is -0.157. The van der Waals surface area contributed by atoms with Crippen LogP contribution in [0.2, 0.25) is 0 Å². The first kappa shape index (κ1) is 36.0. The number of benzene rings is 1. The lowest BCUT2D eigenvalue weighted by Gasteiger charge is -2.39. The van der Waals surface area contributed by atoms with Gasteiger partial charge in [0.25, 0.3) is 0 Å². The van der Waals surface area contributed by atoms with Crippen LogP contribution >= 0.6 is 0 Å². The highest BCUT2D eigenvalue weighted by molar-refractivity contribution is 5.82. The quantitative estimate of drug-likeness (QED) is 0.182. The Hall–Kier alpha value is -2.98. The maximum absolute atomic E-state index is 13.9. The molecule has 232 valence electrons.